The average Bonchev–Trinajstić information content (AvgIpc) is 3.54. The van der Waals surface area contributed by atoms with Crippen molar-refractivity contribution in [1.82, 2.24) is 9.55 Å². The fourth-order valence-corrected chi connectivity index (χ4v) is 4.34. The number of anilines is 2. The number of hydrogen-bond donors (Lipinski definition) is 2. The predicted octanol–water partition coefficient (Wildman–Crippen LogP) is 3.84. The minimum atomic E-state index is -0.538. The van der Waals surface area contributed by atoms with Gasteiger partial charge in [0.1, 0.15) is 5.65 Å². The zero-order valence-electron chi connectivity index (χ0n) is 21.1. The van der Waals surface area contributed by atoms with Crippen LogP contribution in [0.1, 0.15) is 36.3 Å². The van der Waals surface area contributed by atoms with E-state index in [9.17, 15) is 9.59 Å². The summed E-state index contributed by atoms with van der Waals surface area (Å²) in [5.74, 6) is 0.362. The number of methoxy groups -OCH3 is 2. The Balaban J connectivity index is 1.66. The minimum Gasteiger partial charge on any atom is -0.493 e. The summed E-state index contributed by atoms with van der Waals surface area (Å²) >= 11 is 0. The van der Waals surface area contributed by atoms with Crippen LogP contribution >= 0.6 is 0 Å². The highest BCUT2D eigenvalue weighted by atomic mass is 16.5. The van der Waals surface area contributed by atoms with Gasteiger partial charge < -0.3 is 34.1 Å². The summed E-state index contributed by atoms with van der Waals surface area (Å²) in [6.07, 6.45) is 2.35. The van der Waals surface area contributed by atoms with E-state index in [2.05, 4.69) is 15.6 Å². The zero-order valence-corrected chi connectivity index (χ0v) is 21.1. The van der Waals surface area contributed by atoms with Crippen molar-refractivity contribution in [2.45, 2.75) is 33.4 Å². The highest BCUT2D eigenvalue weighted by molar-refractivity contribution is 6.11. The van der Waals surface area contributed by atoms with E-state index in [1.54, 1.807) is 17.9 Å². The van der Waals surface area contributed by atoms with E-state index >= 15 is 0 Å². The number of ether oxygens (including phenoxy) is 4. The van der Waals surface area contributed by atoms with Gasteiger partial charge in [0.25, 0.3) is 0 Å². The second kappa shape index (κ2) is 11.3. The van der Waals surface area contributed by atoms with Crippen LogP contribution in [-0.2, 0) is 27.4 Å². The number of benzene rings is 1. The van der Waals surface area contributed by atoms with Crippen molar-refractivity contribution in [3.8, 4) is 11.5 Å². The summed E-state index contributed by atoms with van der Waals surface area (Å²) < 4.78 is 23.2. The summed E-state index contributed by atoms with van der Waals surface area (Å²) in [5, 5.41) is 6.98. The van der Waals surface area contributed by atoms with E-state index in [4.69, 9.17) is 18.9 Å². The first kappa shape index (κ1) is 25.3. The normalized spacial score (nSPS) is 15.1. The number of pyridine rings is 1. The molecule has 0 saturated carbocycles. The molecule has 2 aromatic heterocycles. The molecular formula is C26H32N4O6. The van der Waals surface area contributed by atoms with E-state index in [-0.39, 0.29) is 17.5 Å². The highest BCUT2D eigenvalue weighted by Gasteiger charge is 2.29. The van der Waals surface area contributed by atoms with Gasteiger partial charge in [0.15, 0.2) is 17.2 Å². The Bertz CT molecular complexity index is 1250. The van der Waals surface area contributed by atoms with E-state index in [0.29, 0.717) is 67.6 Å². The van der Waals surface area contributed by atoms with Crippen molar-refractivity contribution in [2.24, 2.45) is 5.92 Å². The van der Waals surface area contributed by atoms with Crippen molar-refractivity contribution < 1.29 is 28.5 Å². The lowest BCUT2D eigenvalue weighted by Gasteiger charge is -2.12. The van der Waals surface area contributed by atoms with Crippen molar-refractivity contribution in [1.29, 1.82) is 0 Å². The largest absolute Gasteiger partial charge is 0.493 e. The van der Waals surface area contributed by atoms with Gasteiger partial charge >= 0.3 is 5.97 Å². The molecule has 4 rings (SSSR count). The van der Waals surface area contributed by atoms with Crippen LogP contribution in [0, 0.1) is 5.92 Å². The SMILES string of the molecule is CCOc1cc(CNc2cnc3c(c2)c(NC(=O)C2CCOC2)c(C(=O)OC)n3CC)ccc1OC. The third-order valence-electron chi connectivity index (χ3n) is 6.17. The number of carbonyl (C=O) groups excluding carboxylic acids is 2. The summed E-state index contributed by atoms with van der Waals surface area (Å²) in [4.78, 5) is 30.3. The lowest BCUT2D eigenvalue weighted by atomic mass is 10.1. The quantitative estimate of drug-likeness (QED) is 0.407. The van der Waals surface area contributed by atoms with Crippen molar-refractivity contribution in [3.05, 3.63) is 41.7 Å². The van der Waals surface area contributed by atoms with Gasteiger partial charge in [-0.3, -0.25) is 4.79 Å². The van der Waals surface area contributed by atoms with Gasteiger partial charge in [-0.2, -0.15) is 0 Å². The summed E-state index contributed by atoms with van der Waals surface area (Å²) in [6, 6.07) is 7.64. The van der Waals surface area contributed by atoms with Gasteiger partial charge in [0.05, 0.1) is 50.9 Å². The standard InChI is InChI=1S/C26H32N4O6/c1-5-30-23(26(32)34-4)22(29-25(31)17-9-10-35-15-17)19-12-18(14-28-24(19)30)27-13-16-7-8-20(33-3)21(11-16)36-6-2/h7-8,11-12,14,17,27H,5-6,9-10,13,15H2,1-4H3,(H,29,31). The molecule has 10 heteroatoms. The molecule has 1 fully saturated rings. The molecule has 0 aliphatic carbocycles. The van der Waals surface area contributed by atoms with Gasteiger partial charge in [0, 0.05) is 25.1 Å². The van der Waals surface area contributed by atoms with Gasteiger partial charge in [-0.25, -0.2) is 9.78 Å². The topological polar surface area (TPSA) is 113 Å². The summed E-state index contributed by atoms with van der Waals surface area (Å²) in [7, 11) is 2.93. The van der Waals surface area contributed by atoms with Crippen LogP contribution in [0.2, 0.25) is 0 Å². The number of aryl methyl sites for hydroxylation is 1. The third kappa shape index (κ3) is 5.08. The smallest absolute Gasteiger partial charge is 0.356 e. The maximum Gasteiger partial charge on any atom is 0.356 e. The number of aromatic nitrogens is 2. The molecule has 1 saturated heterocycles. The number of carbonyl (C=O) groups is 2. The molecule has 3 aromatic rings. The third-order valence-corrected chi connectivity index (χ3v) is 6.17. The molecule has 0 spiro atoms. The number of nitrogens with zero attached hydrogens (tertiary/aromatic N) is 2. The van der Waals surface area contributed by atoms with Crippen LogP contribution in [0.3, 0.4) is 0 Å². The molecule has 10 nitrogen and oxygen atoms in total. The number of fused-ring (bicyclic) bond motifs is 1. The maximum atomic E-state index is 12.9. The molecule has 1 atom stereocenters. The van der Waals surface area contributed by atoms with Crippen LogP contribution in [0.4, 0.5) is 11.4 Å². The Morgan fingerprint density at radius 2 is 2.03 bits per heavy atom. The van der Waals surface area contributed by atoms with Crippen molar-refractivity contribution >= 4 is 34.3 Å². The summed E-state index contributed by atoms with van der Waals surface area (Å²) in [6.45, 7) is 6.27. The Hall–Kier alpha value is -3.79. The van der Waals surface area contributed by atoms with Gasteiger partial charge in [-0.1, -0.05) is 6.07 Å². The summed E-state index contributed by atoms with van der Waals surface area (Å²) in [5.41, 5.74) is 2.99. The predicted molar refractivity (Wildman–Crippen MR) is 136 cm³/mol. The molecule has 192 valence electrons. The number of hydrogen-bond acceptors (Lipinski definition) is 8. The highest BCUT2D eigenvalue weighted by Crippen LogP contribution is 2.34. The molecular weight excluding hydrogens is 464 g/mol. The Morgan fingerprint density at radius 3 is 2.69 bits per heavy atom. The van der Waals surface area contributed by atoms with Crippen LogP contribution in [0.15, 0.2) is 30.5 Å². The number of nitrogens with one attached hydrogen (secondary N) is 2. The van der Waals surface area contributed by atoms with E-state index in [0.717, 1.165) is 11.3 Å². The minimum absolute atomic E-state index is 0.187. The molecule has 2 N–H and O–H groups in total. The molecule has 1 aromatic carbocycles. The second-order valence-corrected chi connectivity index (χ2v) is 8.38. The average molecular weight is 497 g/mol. The van der Waals surface area contributed by atoms with E-state index in [1.807, 2.05) is 38.1 Å². The molecule has 1 aliphatic heterocycles. The zero-order chi connectivity index (χ0) is 25.7. The monoisotopic (exact) mass is 496 g/mol. The van der Waals surface area contributed by atoms with Crippen LogP contribution in [0.5, 0.6) is 11.5 Å². The Morgan fingerprint density at radius 1 is 1.19 bits per heavy atom. The first-order chi connectivity index (χ1) is 17.5. The molecule has 36 heavy (non-hydrogen) atoms. The van der Waals surface area contributed by atoms with E-state index in [1.165, 1.54) is 7.11 Å². The van der Waals surface area contributed by atoms with Crippen molar-refractivity contribution in [2.75, 3.05) is 44.7 Å². The molecule has 3 heterocycles. The van der Waals surface area contributed by atoms with Gasteiger partial charge in [-0.05, 0) is 44.0 Å². The van der Waals surface area contributed by atoms with Crippen molar-refractivity contribution in [3.63, 3.8) is 0 Å². The lowest BCUT2D eigenvalue weighted by molar-refractivity contribution is -0.119. The fourth-order valence-electron chi connectivity index (χ4n) is 4.34. The molecule has 1 aliphatic rings. The van der Waals surface area contributed by atoms with Crippen LogP contribution in [0.25, 0.3) is 11.0 Å². The lowest BCUT2D eigenvalue weighted by Crippen LogP contribution is -2.24. The maximum absolute atomic E-state index is 12.9. The molecule has 0 bridgehead atoms. The van der Waals surface area contributed by atoms with E-state index < -0.39 is 5.97 Å². The van der Waals surface area contributed by atoms with Gasteiger partial charge in [0.2, 0.25) is 5.91 Å². The Kier molecular flexibility index (Phi) is 7.94. The number of rotatable bonds is 10. The molecule has 1 unspecified atom stereocenters. The van der Waals surface area contributed by atoms with Gasteiger partial charge in [-0.15, -0.1) is 0 Å². The second-order valence-electron chi connectivity index (χ2n) is 8.38. The van der Waals surface area contributed by atoms with Crippen LogP contribution < -0.4 is 20.1 Å². The van der Waals surface area contributed by atoms with Crippen LogP contribution in [-0.4, -0.2) is 55.5 Å². The number of esters is 1. The first-order valence-electron chi connectivity index (χ1n) is 12.0. The molecule has 0 radical (unpaired) electrons. The molecule has 1 amide bonds. The first-order valence-corrected chi connectivity index (χ1v) is 12.0. The fraction of sp³-hybridized carbons (Fsp3) is 0.423. The number of amides is 1. The Labute approximate surface area is 209 Å².